The lowest BCUT2D eigenvalue weighted by atomic mass is 10.3. The van der Waals surface area contributed by atoms with Crippen LogP contribution in [0.3, 0.4) is 0 Å². The molecule has 100 valence electrons. The molecule has 0 aliphatic rings. The number of carbonyl (C=O) groups excluding carboxylic acids is 1. The topological polar surface area (TPSA) is 51.5 Å². The van der Waals surface area contributed by atoms with Crippen molar-refractivity contribution < 1.29 is 18.3 Å². The van der Waals surface area contributed by atoms with E-state index in [0.717, 1.165) is 5.76 Å². The van der Waals surface area contributed by atoms with E-state index >= 15 is 0 Å². The number of ether oxygens (including phenoxy) is 1. The second kappa shape index (κ2) is 6.04. The molecule has 0 unspecified atom stereocenters. The molecule has 1 N–H and O–H groups in total. The van der Waals surface area contributed by atoms with Crippen molar-refractivity contribution in [2.75, 3.05) is 6.61 Å². The monoisotopic (exact) mass is 263 g/mol. The number of carbonyl (C=O) groups is 1. The Labute approximate surface area is 110 Å². The fourth-order valence-corrected chi connectivity index (χ4v) is 1.50. The van der Waals surface area contributed by atoms with Crippen molar-refractivity contribution in [1.29, 1.82) is 0 Å². The molecule has 4 nitrogen and oxygen atoms in total. The van der Waals surface area contributed by atoms with Crippen LogP contribution in [0.4, 0.5) is 4.39 Å². The summed E-state index contributed by atoms with van der Waals surface area (Å²) in [5.74, 6) is 1.33. The molecule has 2 aromatic rings. The van der Waals surface area contributed by atoms with Crippen molar-refractivity contribution in [3.8, 4) is 5.75 Å². The predicted octanol–water partition coefficient (Wildman–Crippen LogP) is 2.42. The largest absolute Gasteiger partial charge is 0.484 e. The van der Waals surface area contributed by atoms with Crippen LogP contribution in [0.5, 0.6) is 5.75 Å². The number of benzene rings is 1. The zero-order valence-corrected chi connectivity index (χ0v) is 10.5. The van der Waals surface area contributed by atoms with Crippen LogP contribution in [0, 0.1) is 12.7 Å². The lowest BCUT2D eigenvalue weighted by Gasteiger charge is -2.06. The molecule has 0 saturated heterocycles. The lowest BCUT2D eigenvalue weighted by molar-refractivity contribution is -0.123. The third-order valence-corrected chi connectivity index (χ3v) is 2.44. The first-order chi connectivity index (χ1) is 9.13. The molecule has 0 saturated carbocycles. The van der Waals surface area contributed by atoms with E-state index in [2.05, 4.69) is 5.32 Å². The summed E-state index contributed by atoms with van der Waals surface area (Å²) in [6.07, 6.45) is 0. The van der Waals surface area contributed by atoms with Crippen molar-refractivity contribution in [1.82, 2.24) is 5.32 Å². The Hall–Kier alpha value is -2.30. The Morgan fingerprint density at radius 3 is 2.63 bits per heavy atom. The van der Waals surface area contributed by atoms with Gasteiger partial charge in [0.1, 0.15) is 23.1 Å². The highest BCUT2D eigenvalue weighted by Gasteiger charge is 2.04. The first-order valence-electron chi connectivity index (χ1n) is 5.84. The summed E-state index contributed by atoms with van der Waals surface area (Å²) in [5, 5.41) is 2.66. The van der Waals surface area contributed by atoms with Crippen LogP contribution in [0.2, 0.25) is 0 Å². The van der Waals surface area contributed by atoms with Gasteiger partial charge in [-0.15, -0.1) is 0 Å². The number of halogens is 1. The van der Waals surface area contributed by atoms with E-state index in [-0.39, 0.29) is 18.3 Å². The number of aryl methyl sites for hydroxylation is 1. The van der Waals surface area contributed by atoms with Crippen LogP contribution >= 0.6 is 0 Å². The fraction of sp³-hybridized carbons (Fsp3) is 0.214. The SMILES string of the molecule is Cc1ccc(CNC(=O)COc2ccc(F)cc2)o1. The smallest absolute Gasteiger partial charge is 0.258 e. The Morgan fingerprint density at radius 2 is 2.00 bits per heavy atom. The summed E-state index contributed by atoms with van der Waals surface area (Å²) in [5.41, 5.74) is 0. The number of furan rings is 1. The minimum absolute atomic E-state index is 0.120. The van der Waals surface area contributed by atoms with Crippen LogP contribution in [-0.4, -0.2) is 12.5 Å². The van der Waals surface area contributed by atoms with Gasteiger partial charge in [0.05, 0.1) is 6.54 Å². The van der Waals surface area contributed by atoms with Crippen LogP contribution in [0.15, 0.2) is 40.8 Å². The van der Waals surface area contributed by atoms with Gasteiger partial charge >= 0.3 is 0 Å². The summed E-state index contributed by atoms with van der Waals surface area (Å²) in [7, 11) is 0. The molecule has 0 aliphatic heterocycles. The van der Waals surface area contributed by atoms with E-state index < -0.39 is 0 Å². The van der Waals surface area contributed by atoms with Gasteiger partial charge in [-0.2, -0.15) is 0 Å². The van der Waals surface area contributed by atoms with Crippen molar-refractivity contribution in [2.24, 2.45) is 0 Å². The molecule has 1 heterocycles. The summed E-state index contributed by atoms with van der Waals surface area (Å²) in [6, 6.07) is 9.13. The van der Waals surface area contributed by atoms with Gasteiger partial charge in [0, 0.05) is 0 Å². The highest BCUT2D eigenvalue weighted by atomic mass is 19.1. The number of hydrogen-bond donors (Lipinski definition) is 1. The van der Waals surface area contributed by atoms with E-state index in [0.29, 0.717) is 18.1 Å². The van der Waals surface area contributed by atoms with Crippen molar-refractivity contribution >= 4 is 5.91 Å². The fourth-order valence-electron chi connectivity index (χ4n) is 1.50. The van der Waals surface area contributed by atoms with Gasteiger partial charge in [0.15, 0.2) is 6.61 Å². The average Bonchev–Trinajstić information content (AvgIpc) is 2.81. The Kier molecular flexibility index (Phi) is 4.18. The molecule has 19 heavy (non-hydrogen) atoms. The molecule has 0 radical (unpaired) electrons. The zero-order valence-electron chi connectivity index (χ0n) is 10.5. The Morgan fingerprint density at radius 1 is 1.26 bits per heavy atom. The molecule has 0 atom stereocenters. The van der Waals surface area contributed by atoms with Gasteiger partial charge < -0.3 is 14.5 Å². The van der Waals surface area contributed by atoms with Crippen LogP contribution in [-0.2, 0) is 11.3 Å². The van der Waals surface area contributed by atoms with Gasteiger partial charge in [-0.25, -0.2) is 4.39 Å². The summed E-state index contributed by atoms with van der Waals surface area (Å²) in [4.78, 5) is 11.5. The third kappa shape index (κ3) is 4.13. The molecular formula is C14H14FNO3. The standard InChI is InChI=1S/C14H14FNO3/c1-10-2-5-13(19-10)8-16-14(17)9-18-12-6-3-11(15)4-7-12/h2-7H,8-9H2,1H3,(H,16,17). The van der Waals surface area contributed by atoms with Gasteiger partial charge in [0.2, 0.25) is 0 Å². The van der Waals surface area contributed by atoms with Gasteiger partial charge in [0.25, 0.3) is 5.91 Å². The molecule has 0 aliphatic carbocycles. The highest BCUT2D eigenvalue weighted by molar-refractivity contribution is 5.77. The maximum absolute atomic E-state index is 12.7. The Bertz CT molecular complexity index is 548. The second-order valence-electron chi connectivity index (χ2n) is 4.03. The quantitative estimate of drug-likeness (QED) is 0.901. The molecule has 0 bridgehead atoms. The van der Waals surface area contributed by atoms with E-state index in [1.807, 2.05) is 13.0 Å². The van der Waals surface area contributed by atoms with Gasteiger partial charge in [-0.3, -0.25) is 4.79 Å². The third-order valence-electron chi connectivity index (χ3n) is 2.44. The first-order valence-corrected chi connectivity index (χ1v) is 5.84. The molecule has 0 fully saturated rings. The van der Waals surface area contributed by atoms with Gasteiger partial charge in [-0.05, 0) is 43.3 Å². The number of nitrogens with one attached hydrogen (secondary N) is 1. The molecule has 1 aromatic carbocycles. The molecular weight excluding hydrogens is 249 g/mol. The van der Waals surface area contributed by atoms with E-state index in [4.69, 9.17) is 9.15 Å². The van der Waals surface area contributed by atoms with Crippen LogP contribution in [0.25, 0.3) is 0 Å². The molecule has 2 rings (SSSR count). The Balaban J connectivity index is 1.74. The number of rotatable bonds is 5. The highest BCUT2D eigenvalue weighted by Crippen LogP contribution is 2.10. The van der Waals surface area contributed by atoms with Gasteiger partial charge in [-0.1, -0.05) is 0 Å². The predicted molar refractivity (Wildman–Crippen MR) is 67.2 cm³/mol. The summed E-state index contributed by atoms with van der Waals surface area (Å²) >= 11 is 0. The van der Waals surface area contributed by atoms with Crippen LogP contribution in [0.1, 0.15) is 11.5 Å². The normalized spacial score (nSPS) is 10.2. The second-order valence-corrected chi connectivity index (χ2v) is 4.03. The molecule has 1 amide bonds. The van der Waals surface area contributed by atoms with E-state index in [9.17, 15) is 9.18 Å². The minimum Gasteiger partial charge on any atom is -0.484 e. The number of amides is 1. The molecule has 1 aromatic heterocycles. The van der Waals surface area contributed by atoms with Crippen molar-refractivity contribution in [3.05, 3.63) is 53.7 Å². The van der Waals surface area contributed by atoms with E-state index in [1.54, 1.807) is 6.07 Å². The zero-order chi connectivity index (χ0) is 13.7. The minimum atomic E-state index is -0.343. The van der Waals surface area contributed by atoms with Crippen molar-refractivity contribution in [2.45, 2.75) is 13.5 Å². The maximum Gasteiger partial charge on any atom is 0.258 e. The van der Waals surface area contributed by atoms with Crippen LogP contribution < -0.4 is 10.1 Å². The lowest BCUT2D eigenvalue weighted by Crippen LogP contribution is -2.28. The number of hydrogen-bond acceptors (Lipinski definition) is 3. The summed E-state index contributed by atoms with van der Waals surface area (Å²) < 4.78 is 23.2. The first kappa shape index (κ1) is 13.1. The molecule has 5 heteroatoms. The maximum atomic E-state index is 12.7. The van der Waals surface area contributed by atoms with Crippen molar-refractivity contribution in [3.63, 3.8) is 0 Å². The molecule has 0 spiro atoms. The van der Waals surface area contributed by atoms with E-state index in [1.165, 1.54) is 24.3 Å². The average molecular weight is 263 g/mol. The summed E-state index contributed by atoms with van der Waals surface area (Å²) in [6.45, 7) is 2.04.